The number of phenols is 1. The molecule has 2 aromatic rings. The third kappa shape index (κ3) is 14.8. The predicted molar refractivity (Wildman–Crippen MR) is 182 cm³/mol. The summed E-state index contributed by atoms with van der Waals surface area (Å²) in [6.07, 6.45) is 14.0. The fourth-order valence-electron chi connectivity index (χ4n) is 4.31. The van der Waals surface area contributed by atoms with Crippen LogP contribution in [-0.4, -0.2) is 33.5 Å². The van der Waals surface area contributed by atoms with Crippen LogP contribution in [0.1, 0.15) is 114 Å². The van der Waals surface area contributed by atoms with Crippen LogP contribution in [0.5, 0.6) is 5.75 Å². The second-order valence-corrected chi connectivity index (χ2v) is 14.2. The number of carbonyl (C=O) groups is 3. The van der Waals surface area contributed by atoms with Gasteiger partial charge in [0.25, 0.3) is 0 Å². The number of phenolic OH excluding ortho intramolecular Hbond substituents is 1. The number of aromatic nitrogens is 1. The van der Waals surface area contributed by atoms with E-state index in [-0.39, 0.29) is 28.3 Å². The quantitative estimate of drug-likeness (QED) is 0.224. The lowest BCUT2D eigenvalue weighted by Gasteiger charge is -2.23. The minimum absolute atomic E-state index is 0.0435. The molecule has 0 spiro atoms. The van der Waals surface area contributed by atoms with E-state index in [9.17, 15) is 19.5 Å². The molecular formula is C37H60N2O4. The second-order valence-electron chi connectivity index (χ2n) is 14.2. The van der Waals surface area contributed by atoms with Crippen molar-refractivity contribution in [1.82, 2.24) is 4.98 Å². The Balaban J connectivity index is 0.000000649. The number of H-pyrrole nitrogens is 1. The number of ketones is 3. The molecule has 0 aliphatic heterocycles. The van der Waals surface area contributed by atoms with Crippen LogP contribution in [0.4, 0.5) is 0 Å². The SMILES string of the molecule is CC(C)(C)C(=O)[C@@H](N)Cc1c[nH]c2ccc(O)cc12.CC/C=C\CC(=O)C(C)(C)C.CC/C=C\CC(C)(C)C(=O)C(C)C. The number of aromatic amines is 1. The number of fused-ring (bicyclic) bond motifs is 1. The number of carbonyl (C=O) groups excluding carboxylic acids is 3. The Morgan fingerprint density at radius 3 is 1.91 bits per heavy atom. The molecule has 0 amide bonds. The lowest BCUT2D eigenvalue weighted by molar-refractivity contribution is -0.130. The number of nitrogens with two attached hydrogens (primary N) is 1. The van der Waals surface area contributed by atoms with Crippen LogP contribution in [-0.2, 0) is 20.8 Å². The van der Waals surface area contributed by atoms with E-state index in [1.54, 1.807) is 12.1 Å². The maximum atomic E-state index is 12.1. The zero-order chi connectivity index (χ0) is 33.6. The predicted octanol–water partition coefficient (Wildman–Crippen LogP) is 8.91. The molecule has 0 saturated carbocycles. The van der Waals surface area contributed by atoms with Gasteiger partial charge in [-0.05, 0) is 49.4 Å². The van der Waals surface area contributed by atoms with Crippen molar-refractivity contribution in [2.45, 2.75) is 121 Å². The Labute approximate surface area is 261 Å². The minimum Gasteiger partial charge on any atom is -0.508 e. The van der Waals surface area contributed by atoms with Crippen LogP contribution >= 0.6 is 0 Å². The summed E-state index contributed by atoms with van der Waals surface area (Å²) < 4.78 is 0. The average molecular weight is 597 g/mol. The van der Waals surface area contributed by atoms with E-state index < -0.39 is 11.5 Å². The molecule has 1 aromatic heterocycles. The number of allylic oxidation sites excluding steroid dienone is 4. The summed E-state index contributed by atoms with van der Waals surface area (Å²) in [5.41, 5.74) is 7.07. The van der Waals surface area contributed by atoms with E-state index in [0.29, 0.717) is 24.4 Å². The highest BCUT2D eigenvalue weighted by Gasteiger charge is 2.28. The van der Waals surface area contributed by atoms with Gasteiger partial charge in [-0.2, -0.15) is 0 Å². The molecule has 4 N–H and O–H groups in total. The molecule has 1 atom stereocenters. The highest BCUT2D eigenvalue weighted by atomic mass is 16.3. The molecule has 0 radical (unpaired) electrons. The first-order valence-corrected chi connectivity index (χ1v) is 15.6. The Bertz CT molecular complexity index is 1220. The van der Waals surface area contributed by atoms with Crippen molar-refractivity contribution >= 4 is 28.3 Å². The van der Waals surface area contributed by atoms with Crippen molar-refractivity contribution in [3.05, 3.63) is 54.3 Å². The molecule has 1 aromatic carbocycles. The van der Waals surface area contributed by atoms with E-state index in [1.165, 1.54) is 0 Å². The Kier molecular flexibility index (Phi) is 16.7. The fourth-order valence-corrected chi connectivity index (χ4v) is 4.31. The minimum atomic E-state index is -0.527. The van der Waals surface area contributed by atoms with Crippen LogP contribution in [0.3, 0.4) is 0 Å². The maximum absolute atomic E-state index is 12.1. The Morgan fingerprint density at radius 1 is 0.860 bits per heavy atom. The molecule has 1 heterocycles. The number of aromatic hydroxyl groups is 1. The third-order valence-corrected chi connectivity index (χ3v) is 7.03. The molecule has 0 unspecified atom stereocenters. The Hall–Kier alpha value is -2.99. The number of rotatable bonds is 11. The first-order chi connectivity index (χ1) is 19.7. The number of Topliss-reactive ketones (excluding diaryl/α,β-unsaturated/α-hetero) is 3. The summed E-state index contributed by atoms with van der Waals surface area (Å²) in [6.45, 7) is 23.6. The van der Waals surface area contributed by atoms with Crippen LogP contribution in [0.2, 0.25) is 0 Å². The fraction of sp³-hybridized carbons (Fsp3) is 0.595. The topological polar surface area (TPSA) is 113 Å². The van der Waals surface area contributed by atoms with Gasteiger partial charge in [0.15, 0.2) is 5.78 Å². The molecule has 6 heteroatoms. The summed E-state index contributed by atoms with van der Waals surface area (Å²) in [5.74, 6) is 1.06. The largest absolute Gasteiger partial charge is 0.508 e. The van der Waals surface area contributed by atoms with Gasteiger partial charge in [-0.25, -0.2) is 0 Å². The molecule has 0 saturated heterocycles. The molecule has 242 valence electrons. The van der Waals surface area contributed by atoms with Crippen molar-refractivity contribution in [2.24, 2.45) is 27.9 Å². The summed E-state index contributed by atoms with van der Waals surface area (Å²) >= 11 is 0. The lowest BCUT2D eigenvalue weighted by atomic mass is 9.79. The van der Waals surface area contributed by atoms with Gasteiger partial charge >= 0.3 is 0 Å². The van der Waals surface area contributed by atoms with Gasteiger partial charge in [0, 0.05) is 45.7 Å². The highest BCUT2D eigenvalue weighted by Crippen LogP contribution is 2.27. The molecule has 2 rings (SSSR count). The van der Waals surface area contributed by atoms with Gasteiger partial charge in [0.1, 0.15) is 17.3 Å². The van der Waals surface area contributed by atoms with E-state index in [0.717, 1.165) is 35.7 Å². The van der Waals surface area contributed by atoms with Gasteiger partial charge in [-0.3, -0.25) is 14.4 Å². The molecule has 6 nitrogen and oxygen atoms in total. The average Bonchev–Trinajstić information content (AvgIpc) is 3.29. The molecular weight excluding hydrogens is 536 g/mol. The van der Waals surface area contributed by atoms with Crippen molar-refractivity contribution in [2.75, 3.05) is 0 Å². The lowest BCUT2D eigenvalue weighted by Crippen LogP contribution is -2.40. The van der Waals surface area contributed by atoms with Gasteiger partial charge < -0.3 is 15.8 Å². The summed E-state index contributed by atoms with van der Waals surface area (Å²) in [5, 5.41) is 10.4. The van der Waals surface area contributed by atoms with E-state index in [2.05, 4.69) is 31.0 Å². The van der Waals surface area contributed by atoms with E-state index in [1.807, 2.05) is 93.7 Å². The zero-order valence-electron chi connectivity index (χ0n) is 29.1. The van der Waals surface area contributed by atoms with Crippen LogP contribution in [0, 0.1) is 22.2 Å². The number of hydrogen-bond donors (Lipinski definition) is 3. The molecule has 43 heavy (non-hydrogen) atoms. The van der Waals surface area contributed by atoms with E-state index >= 15 is 0 Å². The first kappa shape index (κ1) is 40.0. The van der Waals surface area contributed by atoms with Gasteiger partial charge in [0.2, 0.25) is 0 Å². The monoisotopic (exact) mass is 596 g/mol. The maximum Gasteiger partial charge on any atom is 0.155 e. The van der Waals surface area contributed by atoms with Crippen LogP contribution < -0.4 is 5.73 Å². The van der Waals surface area contributed by atoms with Crippen molar-refractivity contribution in [3.8, 4) is 5.75 Å². The van der Waals surface area contributed by atoms with Crippen molar-refractivity contribution in [3.63, 3.8) is 0 Å². The second kappa shape index (κ2) is 18.0. The van der Waals surface area contributed by atoms with Crippen molar-refractivity contribution in [1.29, 1.82) is 0 Å². The molecule has 0 bridgehead atoms. The number of benzene rings is 1. The number of nitrogens with one attached hydrogen (secondary N) is 1. The van der Waals surface area contributed by atoms with Gasteiger partial charge in [-0.1, -0.05) is 107 Å². The smallest absolute Gasteiger partial charge is 0.155 e. The number of hydrogen-bond acceptors (Lipinski definition) is 5. The third-order valence-electron chi connectivity index (χ3n) is 7.03. The first-order valence-electron chi connectivity index (χ1n) is 15.6. The summed E-state index contributed by atoms with van der Waals surface area (Å²) in [4.78, 5) is 38.2. The van der Waals surface area contributed by atoms with Crippen LogP contribution in [0.25, 0.3) is 10.9 Å². The highest BCUT2D eigenvalue weighted by molar-refractivity contribution is 5.90. The van der Waals surface area contributed by atoms with Gasteiger partial charge in [-0.15, -0.1) is 0 Å². The Morgan fingerprint density at radius 2 is 1.42 bits per heavy atom. The zero-order valence-corrected chi connectivity index (χ0v) is 29.1. The van der Waals surface area contributed by atoms with E-state index in [4.69, 9.17) is 5.73 Å². The summed E-state index contributed by atoms with van der Waals surface area (Å²) in [6, 6.07) is 4.60. The molecule has 0 aliphatic rings. The standard InChI is InChI=1S/C15H20N2O2.C12H22O.C10H18O/c1-15(2,3)14(19)12(16)6-9-8-17-13-5-4-10(18)7-11(9)13;1-6-7-8-9-12(4,5)11(13)10(2)3;1-5-6-7-8-9(11)10(2,3)4/h4-5,7-8,12,17-18H,6,16H2,1-3H3;7-8,10H,6,9H2,1-5H3;6-7H,5,8H2,1-4H3/b;8-7-;7-6-/t12-;;/m0../s1. The molecule has 0 fully saturated rings. The normalized spacial score (nSPS) is 13.1. The van der Waals surface area contributed by atoms with Gasteiger partial charge in [0.05, 0.1) is 6.04 Å². The van der Waals surface area contributed by atoms with Crippen molar-refractivity contribution < 1.29 is 19.5 Å². The summed E-state index contributed by atoms with van der Waals surface area (Å²) in [7, 11) is 0. The molecule has 0 aliphatic carbocycles. The van der Waals surface area contributed by atoms with Crippen LogP contribution in [0.15, 0.2) is 48.7 Å².